The highest BCUT2D eigenvalue weighted by Gasteiger charge is 2.10. The van der Waals surface area contributed by atoms with Gasteiger partial charge in [-0.15, -0.1) is 0 Å². The molecule has 0 aliphatic carbocycles. The molecular weight excluding hydrogens is 229 g/mol. The van der Waals surface area contributed by atoms with Gasteiger partial charge >= 0.3 is 0 Å². The third-order valence-electron chi connectivity index (χ3n) is 2.78. The monoisotopic (exact) mass is 245 g/mol. The summed E-state index contributed by atoms with van der Waals surface area (Å²) in [5.74, 6) is 0.841. The van der Waals surface area contributed by atoms with Gasteiger partial charge in [0, 0.05) is 17.7 Å². The van der Waals surface area contributed by atoms with Gasteiger partial charge < -0.3 is 10.5 Å². The highest BCUT2D eigenvalue weighted by molar-refractivity contribution is 5.39. The van der Waals surface area contributed by atoms with Crippen LogP contribution in [0.5, 0.6) is 11.5 Å². The van der Waals surface area contributed by atoms with Crippen molar-refractivity contribution in [3.8, 4) is 11.5 Å². The first-order valence-electron chi connectivity index (χ1n) is 5.98. The van der Waals surface area contributed by atoms with Crippen molar-refractivity contribution in [1.82, 2.24) is 0 Å². The molecule has 1 atom stereocenters. The first-order valence-corrected chi connectivity index (χ1v) is 5.98. The summed E-state index contributed by atoms with van der Waals surface area (Å²) in [4.78, 5) is 0. The molecule has 0 aliphatic heterocycles. The van der Waals surface area contributed by atoms with E-state index in [1.165, 1.54) is 12.1 Å². The number of rotatable bonds is 4. The number of hydrogen-bond donors (Lipinski definition) is 1. The van der Waals surface area contributed by atoms with Crippen molar-refractivity contribution >= 4 is 0 Å². The minimum absolute atomic E-state index is 0.0743. The van der Waals surface area contributed by atoms with E-state index >= 15 is 0 Å². The third-order valence-corrected chi connectivity index (χ3v) is 2.78. The predicted molar refractivity (Wildman–Crippen MR) is 70.1 cm³/mol. The van der Waals surface area contributed by atoms with Crippen LogP contribution < -0.4 is 10.5 Å². The summed E-state index contributed by atoms with van der Waals surface area (Å²) in [5.41, 5.74) is 6.96. The molecule has 0 fully saturated rings. The maximum Gasteiger partial charge on any atom is 0.132 e. The van der Waals surface area contributed by atoms with Crippen LogP contribution in [0.25, 0.3) is 0 Å². The maximum atomic E-state index is 13.1. The normalized spacial score (nSPS) is 12.2. The van der Waals surface area contributed by atoms with E-state index in [0.717, 1.165) is 12.0 Å². The fourth-order valence-corrected chi connectivity index (χ4v) is 1.76. The lowest BCUT2D eigenvalue weighted by Crippen LogP contribution is -2.09. The van der Waals surface area contributed by atoms with Gasteiger partial charge in [0.1, 0.15) is 17.3 Å². The van der Waals surface area contributed by atoms with Crippen LogP contribution in [0.4, 0.5) is 4.39 Å². The third kappa shape index (κ3) is 2.87. The Morgan fingerprint density at radius 1 is 1.17 bits per heavy atom. The van der Waals surface area contributed by atoms with Gasteiger partial charge in [-0.1, -0.05) is 31.2 Å². The summed E-state index contributed by atoms with van der Waals surface area (Å²) in [6.07, 6.45) is 0.823. The van der Waals surface area contributed by atoms with Crippen LogP contribution in [-0.2, 0) is 0 Å². The Morgan fingerprint density at radius 3 is 2.67 bits per heavy atom. The predicted octanol–water partition coefficient (Wildman–Crippen LogP) is 4.03. The molecule has 0 radical (unpaired) electrons. The average Bonchev–Trinajstić information content (AvgIpc) is 2.38. The lowest BCUT2D eigenvalue weighted by atomic mass is 10.0. The molecule has 0 saturated heterocycles. The van der Waals surface area contributed by atoms with Gasteiger partial charge in [0.25, 0.3) is 0 Å². The Kier molecular flexibility index (Phi) is 3.95. The number of benzene rings is 2. The van der Waals surface area contributed by atoms with Crippen molar-refractivity contribution in [1.29, 1.82) is 0 Å². The largest absolute Gasteiger partial charge is 0.457 e. The van der Waals surface area contributed by atoms with E-state index in [-0.39, 0.29) is 11.9 Å². The van der Waals surface area contributed by atoms with E-state index in [2.05, 4.69) is 0 Å². The first-order chi connectivity index (χ1) is 8.70. The Labute approximate surface area is 106 Å². The molecule has 2 aromatic rings. The van der Waals surface area contributed by atoms with Gasteiger partial charge in [-0.2, -0.15) is 0 Å². The van der Waals surface area contributed by atoms with Crippen molar-refractivity contribution in [2.45, 2.75) is 19.4 Å². The van der Waals surface area contributed by atoms with E-state index in [4.69, 9.17) is 10.5 Å². The second-order valence-corrected chi connectivity index (χ2v) is 4.11. The van der Waals surface area contributed by atoms with Gasteiger partial charge in [0.15, 0.2) is 0 Å². The highest BCUT2D eigenvalue weighted by Crippen LogP contribution is 2.29. The average molecular weight is 245 g/mol. The molecule has 0 unspecified atom stereocenters. The summed E-state index contributed by atoms with van der Waals surface area (Å²) >= 11 is 0. The Morgan fingerprint density at radius 2 is 1.94 bits per heavy atom. The van der Waals surface area contributed by atoms with Crippen LogP contribution >= 0.6 is 0 Å². The van der Waals surface area contributed by atoms with Gasteiger partial charge in [-0.3, -0.25) is 0 Å². The zero-order chi connectivity index (χ0) is 13.0. The van der Waals surface area contributed by atoms with Gasteiger partial charge in [0.05, 0.1) is 0 Å². The molecule has 2 aromatic carbocycles. The second-order valence-electron chi connectivity index (χ2n) is 4.11. The van der Waals surface area contributed by atoms with Crippen LogP contribution in [0.3, 0.4) is 0 Å². The molecular formula is C15H16FNO. The molecule has 0 heterocycles. The van der Waals surface area contributed by atoms with Crippen LogP contribution in [0.15, 0.2) is 48.5 Å². The summed E-state index contributed by atoms with van der Waals surface area (Å²) < 4.78 is 18.8. The second kappa shape index (κ2) is 5.65. The molecule has 0 saturated carbocycles. The van der Waals surface area contributed by atoms with Crippen molar-refractivity contribution in [3.05, 3.63) is 59.9 Å². The summed E-state index contributed by atoms with van der Waals surface area (Å²) in [6.45, 7) is 2.02. The number of hydrogen-bond acceptors (Lipinski definition) is 2. The van der Waals surface area contributed by atoms with E-state index < -0.39 is 0 Å². The zero-order valence-corrected chi connectivity index (χ0v) is 10.3. The number of nitrogens with two attached hydrogens (primary N) is 1. The fraction of sp³-hybridized carbons (Fsp3) is 0.200. The minimum atomic E-state index is -0.315. The smallest absolute Gasteiger partial charge is 0.132 e. The van der Waals surface area contributed by atoms with Crippen LogP contribution in [0.2, 0.25) is 0 Å². The Hall–Kier alpha value is -1.87. The molecule has 2 rings (SSSR count). The quantitative estimate of drug-likeness (QED) is 0.882. The van der Waals surface area contributed by atoms with Crippen molar-refractivity contribution < 1.29 is 9.13 Å². The Bertz CT molecular complexity index is 527. The van der Waals surface area contributed by atoms with Crippen molar-refractivity contribution in [2.75, 3.05) is 0 Å². The van der Waals surface area contributed by atoms with Gasteiger partial charge in [-0.05, 0) is 24.6 Å². The number of ether oxygens (including phenoxy) is 1. The molecule has 0 aliphatic rings. The lowest BCUT2D eigenvalue weighted by Gasteiger charge is -2.15. The number of para-hydroxylation sites is 1. The summed E-state index contributed by atoms with van der Waals surface area (Å²) in [6, 6.07) is 13.6. The molecule has 2 nitrogen and oxygen atoms in total. The lowest BCUT2D eigenvalue weighted by molar-refractivity contribution is 0.464. The standard InChI is InChI=1S/C15H16FNO/c1-2-14(17)13-8-3-4-9-15(13)18-12-7-5-6-11(16)10-12/h3-10,14H,2,17H2,1H3/t14-/m1/s1. The molecule has 0 spiro atoms. The van der Waals surface area contributed by atoms with Gasteiger partial charge in [0.2, 0.25) is 0 Å². The SMILES string of the molecule is CC[C@@H](N)c1ccccc1Oc1cccc(F)c1. The van der Waals surface area contributed by atoms with E-state index in [1.807, 2.05) is 31.2 Å². The molecule has 0 bridgehead atoms. The molecule has 0 aromatic heterocycles. The van der Waals surface area contributed by atoms with E-state index in [9.17, 15) is 4.39 Å². The molecule has 0 amide bonds. The van der Waals surface area contributed by atoms with E-state index in [0.29, 0.717) is 11.5 Å². The minimum Gasteiger partial charge on any atom is -0.457 e. The summed E-state index contributed by atoms with van der Waals surface area (Å²) in [5, 5.41) is 0. The van der Waals surface area contributed by atoms with Crippen molar-refractivity contribution in [3.63, 3.8) is 0 Å². The first kappa shape index (κ1) is 12.6. The molecule has 2 N–H and O–H groups in total. The van der Waals surface area contributed by atoms with Crippen LogP contribution in [0.1, 0.15) is 24.9 Å². The molecule has 18 heavy (non-hydrogen) atoms. The molecule has 94 valence electrons. The maximum absolute atomic E-state index is 13.1. The molecule has 3 heteroatoms. The van der Waals surface area contributed by atoms with Crippen LogP contribution in [-0.4, -0.2) is 0 Å². The highest BCUT2D eigenvalue weighted by atomic mass is 19.1. The van der Waals surface area contributed by atoms with E-state index in [1.54, 1.807) is 12.1 Å². The van der Waals surface area contributed by atoms with Gasteiger partial charge in [-0.25, -0.2) is 4.39 Å². The van der Waals surface area contributed by atoms with Crippen LogP contribution in [0, 0.1) is 5.82 Å². The summed E-state index contributed by atoms with van der Waals surface area (Å²) in [7, 11) is 0. The Balaban J connectivity index is 2.29. The van der Waals surface area contributed by atoms with Crippen molar-refractivity contribution in [2.24, 2.45) is 5.73 Å². The zero-order valence-electron chi connectivity index (χ0n) is 10.3. The fourth-order valence-electron chi connectivity index (χ4n) is 1.76. The number of halogens is 1. The topological polar surface area (TPSA) is 35.2 Å².